The minimum absolute atomic E-state index is 0.499. The van der Waals surface area contributed by atoms with E-state index < -0.39 is 0 Å². The van der Waals surface area contributed by atoms with Gasteiger partial charge in [-0.1, -0.05) is 0 Å². The number of piperidine rings is 1. The highest BCUT2D eigenvalue weighted by Crippen LogP contribution is 2.40. The van der Waals surface area contributed by atoms with Crippen molar-refractivity contribution in [1.29, 1.82) is 0 Å². The van der Waals surface area contributed by atoms with Gasteiger partial charge in [-0.05, 0) is 44.7 Å². The maximum atomic E-state index is 6.06. The summed E-state index contributed by atoms with van der Waals surface area (Å²) in [5, 5.41) is 0. The first-order chi connectivity index (χ1) is 5.27. The Morgan fingerprint density at radius 2 is 2.00 bits per heavy atom. The number of nitrogens with zero attached hydrogens (tertiary/aromatic N) is 1. The van der Waals surface area contributed by atoms with Gasteiger partial charge in [0.1, 0.15) is 0 Å². The van der Waals surface area contributed by atoms with E-state index >= 15 is 0 Å². The molecule has 1 heterocycles. The zero-order chi connectivity index (χ0) is 7.84. The molecule has 0 aromatic heterocycles. The van der Waals surface area contributed by atoms with Crippen molar-refractivity contribution in [3.05, 3.63) is 0 Å². The average Bonchev–Trinajstić information content (AvgIpc) is 2.76. The van der Waals surface area contributed by atoms with Crippen LogP contribution in [0.15, 0.2) is 0 Å². The fraction of sp³-hybridized carbons (Fsp3) is 1.00. The molecule has 2 aliphatic rings. The van der Waals surface area contributed by atoms with Crippen LogP contribution in [0.5, 0.6) is 0 Å². The molecular formula is C9H18N2. The molecule has 64 valence electrons. The number of likely N-dealkylation sites (tertiary alicyclic amines) is 1. The van der Waals surface area contributed by atoms with Crippen molar-refractivity contribution in [2.24, 2.45) is 17.6 Å². The number of nitrogens with two attached hydrogens (primary N) is 1. The third kappa shape index (κ3) is 1.57. The van der Waals surface area contributed by atoms with E-state index in [1.54, 1.807) is 0 Å². The molecule has 0 spiro atoms. The van der Waals surface area contributed by atoms with Gasteiger partial charge in [0.05, 0.1) is 0 Å². The van der Waals surface area contributed by atoms with E-state index in [-0.39, 0.29) is 0 Å². The SMILES string of the molecule is CN1CCC(N)C(C2CC2)C1. The largest absolute Gasteiger partial charge is 0.327 e. The van der Waals surface area contributed by atoms with Gasteiger partial charge in [0, 0.05) is 12.6 Å². The second kappa shape index (κ2) is 2.76. The van der Waals surface area contributed by atoms with Crippen molar-refractivity contribution in [2.45, 2.75) is 25.3 Å². The Hall–Kier alpha value is -0.0800. The molecule has 11 heavy (non-hydrogen) atoms. The monoisotopic (exact) mass is 154 g/mol. The molecular weight excluding hydrogens is 136 g/mol. The lowest BCUT2D eigenvalue weighted by atomic mass is 9.89. The lowest BCUT2D eigenvalue weighted by molar-refractivity contribution is 0.169. The highest BCUT2D eigenvalue weighted by molar-refractivity contribution is 4.91. The third-order valence-electron chi connectivity index (χ3n) is 3.14. The molecule has 2 unspecified atom stereocenters. The summed E-state index contributed by atoms with van der Waals surface area (Å²) < 4.78 is 0. The van der Waals surface area contributed by atoms with Gasteiger partial charge in [0.25, 0.3) is 0 Å². The van der Waals surface area contributed by atoms with E-state index in [0.717, 1.165) is 11.8 Å². The van der Waals surface area contributed by atoms with Crippen LogP contribution < -0.4 is 5.73 Å². The summed E-state index contributed by atoms with van der Waals surface area (Å²) in [5.41, 5.74) is 6.06. The summed E-state index contributed by atoms with van der Waals surface area (Å²) in [6.45, 7) is 2.44. The minimum atomic E-state index is 0.499. The van der Waals surface area contributed by atoms with Gasteiger partial charge in [0.2, 0.25) is 0 Å². The van der Waals surface area contributed by atoms with Crippen LogP contribution in [0.1, 0.15) is 19.3 Å². The van der Waals surface area contributed by atoms with E-state index in [1.165, 1.54) is 32.4 Å². The lowest BCUT2D eigenvalue weighted by Crippen LogP contribution is -2.46. The van der Waals surface area contributed by atoms with Gasteiger partial charge >= 0.3 is 0 Å². The Balaban J connectivity index is 1.93. The Morgan fingerprint density at radius 1 is 1.27 bits per heavy atom. The fourth-order valence-corrected chi connectivity index (χ4v) is 2.19. The molecule has 0 amide bonds. The van der Waals surface area contributed by atoms with Crippen molar-refractivity contribution < 1.29 is 0 Å². The van der Waals surface area contributed by atoms with Crippen molar-refractivity contribution >= 4 is 0 Å². The molecule has 2 fully saturated rings. The highest BCUT2D eigenvalue weighted by Gasteiger charge is 2.37. The standard InChI is InChI=1S/C9H18N2/c1-11-5-4-9(10)8(6-11)7-2-3-7/h7-9H,2-6,10H2,1H3. The Labute approximate surface area is 68.7 Å². The predicted octanol–water partition coefficient (Wildman–Crippen LogP) is 0.675. The summed E-state index contributed by atoms with van der Waals surface area (Å²) >= 11 is 0. The Morgan fingerprint density at radius 3 is 2.64 bits per heavy atom. The van der Waals surface area contributed by atoms with Crippen molar-refractivity contribution in [2.75, 3.05) is 20.1 Å². The molecule has 1 saturated carbocycles. The minimum Gasteiger partial charge on any atom is -0.327 e. The van der Waals surface area contributed by atoms with E-state index in [1.807, 2.05) is 0 Å². The van der Waals surface area contributed by atoms with Crippen LogP contribution in [0.3, 0.4) is 0 Å². The summed E-state index contributed by atoms with van der Waals surface area (Å²) in [7, 11) is 2.21. The first kappa shape index (κ1) is 7.56. The van der Waals surface area contributed by atoms with Crippen LogP contribution in [-0.4, -0.2) is 31.1 Å². The fourth-order valence-electron chi connectivity index (χ4n) is 2.19. The molecule has 2 atom stereocenters. The highest BCUT2D eigenvalue weighted by atomic mass is 15.1. The number of hydrogen-bond acceptors (Lipinski definition) is 2. The second-order valence-electron chi connectivity index (χ2n) is 4.22. The van der Waals surface area contributed by atoms with Gasteiger partial charge < -0.3 is 10.6 Å². The molecule has 1 aliphatic carbocycles. The molecule has 2 N–H and O–H groups in total. The van der Waals surface area contributed by atoms with Crippen LogP contribution in [0.4, 0.5) is 0 Å². The van der Waals surface area contributed by atoms with Crippen LogP contribution in [-0.2, 0) is 0 Å². The van der Waals surface area contributed by atoms with Gasteiger partial charge in [-0.2, -0.15) is 0 Å². The normalized spacial score (nSPS) is 40.9. The van der Waals surface area contributed by atoms with Crippen LogP contribution in [0.25, 0.3) is 0 Å². The number of hydrogen-bond donors (Lipinski definition) is 1. The van der Waals surface area contributed by atoms with Crippen molar-refractivity contribution in [3.63, 3.8) is 0 Å². The van der Waals surface area contributed by atoms with E-state index in [4.69, 9.17) is 5.73 Å². The van der Waals surface area contributed by atoms with Gasteiger partial charge in [-0.15, -0.1) is 0 Å². The Bertz CT molecular complexity index is 142. The molecule has 2 nitrogen and oxygen atoms in total. The summed E-state index contributed by atoms with van der Waals surface area (Å²) in [6, 6.07) is 0.499. The molecule has 0 bridgehead atoms. The van der Waals surface area contributed by atoms with Crippen LogP contribution in [0.2, 0.25) is 0 Å². The molecule has 2 heteroatoms. The van der Waals surface area contributed by atoms with E-state index in [2.05, 4.69) is 11.9 Å². The smallest absolute Gasteiger partial charge is 0.00941 e. The quantitative estimate of drug-likeness (QED) is 0.601. The summed E-state index contributed by atoms with van der Waals surface area (Å²) in [6.07, 6.45) is 4.08. The maximum absolute atomic E-state index is 6.06. The summed E-state index contributed by atoms with van der Waals surface area (Å²) in [5.74, 6) is 1.79. The average molecular weight is 154 g/mol. The second-order valence-corrected chi connectivity index (χ2v) is 4.22. The first-order valence-electron chi connectivity index (χ1n) is 4.71. The van der Waals surface area contributed by atoms with Gasteiger partial charge in [0.15, 0.2) is 0 Å². The van der Waals surface area contributed by atoms with Crippen LogP contribution >= 0.6 is 0 Å². The van der Waals surface area contributed by atoms with E-state index in [0.29, 0.717) is 6.04 Å². The Kier molecular flexibility index (Phi) is 1.90. The van der Waals surface area contributed by atoms with Gasteiger partial charge in [-0.25, -0.2) is 0 Å². The first-order valence-corrected chi connectivity index (χ1v) is 4.71. The molecule has 1 saturated heterocycles. The molecule has 0 aromatic rings. The maximum Gasteiger partial charge on any atom is 0.00941 e. The molecule has 0 radical (unpaired) electrons. The molecule has 2 rings (SSSR count). The van der Waals surface area contributed by atoms with Gasteiger partial charge in [-0.3, -0.25) is 0 Å². The van der Waals surface area contributed by atoms with Crippen LogP contribution in [0, 0.1) is 11.8 Å². The third-order valence-corrected chi connectivity index (χ3v) is 3.14. The molecule has 0 aromatic carbocycles. The predicted molar refractivity (Wildman–Crippen MR) is 46.3 cm³/mol. The lowest BCUT2D eigenvalue weighted by Gasteiger charge is -2.34. The zero-order valence-electron chi connectivity index (χ0n) is 7.29. The number of rotatable bonds is 1. The topological polar surface area (TPSA) is 29.3 Å². The zero-order valence-corrected chi connectivity index (χ0v) is 7.29. The van der Waals surface area contributed by atoms with Crippen molar-refractivity contribution in [1.82, 2.24) is 4.90 Å². The summed E-state index contributed by atoms with van der Waals surface area (Å²) in [4.78, 5) is 2.42. The van der Waals surface area contributed by atoms with Crippen molar-refractivity contribution in [3.8, 4) is 0 Å². The van der Waals surface area contributed by atoms with E-state index in [9.17, 15) is 0 Å². The molecule has 1 aliphatic heterocycles.